The van der Waals surface area contributed by atoms with Crippen LogP contribution >= 0.6 is 15.6 Å². The van der Waals surface area contributed by atoms with Gasteiger partial charge in [0.2, 0.25) is 11.6 Å². The number of benzene rings is 2. The average Bonchev–Trinajstić information content (AvgIpc) is 1.86. The molecular formula is C55H72N9O19P2S2+. The summed E-state index contributed by atoms with van der Waals surface area (Å²) in [4.78, 5) is 68.6. The molecule has 0 radical (unpaired) electrons. The number of nitrogens with two attached hydrogens (primary N) is 1. The first-order valence-electron chi connectivity index (χ1n) is 27.6. The van der Waals surface area contributed by atoms with Crippen LogP contribution in [0, 0.1) is 5.41 Å². The quantitative estimate of drug-likeness (QED) is 0.0128. The van der Waals surface area contributed by atoms with Crippen molar-refractivity contribution in [2.45, 2.75) is 121 Å². The first kappa shape index (κ1) is 66.5. The van der Waals surface area contributed by atoms with Crippen molar-refractivity contribution in [3.63, 3.8) is 0 Å². The Hall–Kier alpha value is -6.50. The number of hydrogen-bond donors (Lipinski definition) is 9. The molecule has 2 aromatic heterocycles. The molecule has 1 fully saturated rings. The maximum absolute atomic E-state index is 13.4. The molecule has 2 amide bonds. The van der Waals surface area contributed by atoms with Gasteiger partial charge in [0, 0.05) is 78.5 Å². The lowest BCUT2D eigenvalue weighted by Crippen LogP contribution is -2.45. The molecule has 8 rings (SSSR count). The molecule has 472 valence electrons. The normalized spacial score (nSPS) is 22.5. The van der Waals surface area contributed by atoms with E-state index in [4.69, 9.17) is 29.7 Å². The number of alkyl carbamates (subject to hydrolysis) is 1. The van der Waals surface area contributed by atoms with Crippen molar-refractivity contribution in [2.75, 3.05) is 49.2 Å². The number of aromatic nitrogens is 4. The smallest absolute Gasteiger partial charge is 0.460 e. The zero-order valence-corrected chi connectivity index (χ0v) is 52.3. The fourth-order valence-electron chi connectivity index (χ4n) is 11.1. The number of fused-ring (bicyclic) bond motifs is 4. The van der Waals surface area contributed by atoms with Gasteiger partial charge in [-0.15, -0.1) is 0 Å². The van der Waals surface area contributed by atoms with Gasteiger partial charge in [0.1, 0.15) is 42.1 Å². The molecule has 2 unspecified atom stereocenters. The minimum atomic E-state index is -5.51. The van der Waals surface area contributed by atoms with Crippen molar-refractivity contribution in [1.82, 2.24) is 30.2 Å². The number of amides is 2. The van der Waals surface area contributed by atoms with Crippen molar-refractivity contribution in [1.29, 1.82) is 0 Å². The second-order valence-electron chi connectivity index (χ2n) is 23.0. The maximum atomic E-state index is 13.4. The first-order valence-corrected chi connectivity index (χ1v) is 33.6. The molecule has 10 N–H and O–H groups in total. The number of phosphoric acid groups is 2. The van der Waals surface area contributed by atoms with E-state index in [1.54, 1.807) is 6.08 Å². The zero-order valence-electron chi connectivity index (χ0n) is 48.9. The van der Waals surface area contributed by atoms with E-state index in [-0.39, 0.29) is 78.1 Å². The molecule has 0 saturated carbocycles. The topological polar surface area (TPSA) is 404 Å². The average molecular weight is 1290 g/mol. The Kier molecular flexibility index (Phi) is 19.5. The minimum Gasteiger partial charge on any atom is -0.460 e. The van der Waals surface area contributed by atoms with Crippen LogP contribution in [0.5, 0.6) is 5.75 Å². The maximum Gasteiger partial charge on any atom is 0.481 e. The monoisotopic (exact) mass is 1290 g/mol. The number of nitrogens with zero attached hydrogens (tertiary/aromatic N) is 6. The van der Waals surface area contributed by atoms with Gasteiger partial charge < -0.3 is 55.3 Å². The molecule has 2 aromatic carbocycles. The number of anilines is 2. The number of aliphatic hydroxyl groups excluding tert-OH is 1. The van der Waals surface area contributed by atoms with E-state index >= 15 is 0 Å². The van der Waals surface area contributed by atoms with Crippen LogP contribution in [-0.2, 0) is 57.9 Å². The van der Waals surface area contributed by atoms with Gasteiger partial charge in [-0.25, -0.2) is 28.9 Å². The molecule has 0 bridgehead atoms. The Morgan fingerprint density at radius 1 is 0.966 bits per heavy atom. The van der Waals surface area contributed by atoms with Crippen molar-refractivity contribution in [3.8, 4) is 5.75 Å². The van der Waals surface area contributed by atoms with Gasteiger partial charge >= 0.3 is 21.7 Å². The highest BCUT2D eigenvalue weighted by atomic mass is 32.2. The minimum absolute atomic E-state index is 0.0279. The Morgan fingerprint density at radius 2 is 1.69 bits per heavy atom. The van der Waals surface area contributed by atoms with Gasteiger partial charge in [-0.05, 0) is 82.9 Å². The predicted molar refractivity (Wildman–Crippen MR) is 320 cm³/mol. The van der Waals surface area contributed by atoms with E-state index in [0.717, 1.165) is 52.3 Å². The van der Waals surface area contributed by atoms with Crippen molar-refractivity contribution >= 4 is 93.1 Å². The molecule has 4 aliphatic heterocycles. The van der Waals surface area contributed by atoms with Crippen LogP contribution in [0.1, 0.15) is 104 Å². The SMILES string of the molecule is CCN1c2cc3c(cc2C(C)=CC1(C)C)C(=CC=CC=CC1=[N+](CCCS(=O)(=O)O)c2ccc(S(=O)(=O)O)cc2C1(C)CCCC(=O)NCCNC(=O)O[C@@H]1[C@H](O)[C@@H](COP(=O)(O)OP(=O)(O)O)O[C@H]1n1cnc2c(N)ncnc21)C=C(C(C)(C)C)O3. The molecular weight excluding hydrogens is 1220 g/mol. The molecule has 4 aliphatic rings. The van der Waals surface area contributed by atoms with Gasteiger partial charge in [0.15, 0.2) is 29.5 Å². The summed E-state index contributed by atoms with van der Waals surface area (Å²) in [6, 6.07) is 8.36. The Labute approximate surface area is 502 Å². The third-order valence-corrected chi connectivity index (χ3v) is 18.9. The third kappa shape index (κ3) is 15.5. The first-order chi connectivity index (χ1) is 40.5. The van der Waals surface area contributed by atoms with Gasteiger partial charge in [0.05, 0.1) is 34.5 Å². The molecule has 6 atom stereocenters. The summed E-state index contributed by atoms with van der Waals surface area (Å²) in [6.45, 7) is 16.2. The lowest BCUT2D eigenvalue weighted by molar-refractivity contribution is -0.437. The van der Waals surface area contributed by atoms with Crippen molar-refractivity contribution in [3.05, 3.63) is 108 Å². The van der Waals surface area contributed by atoms with Gasteiger partial charge in [-0.1, -0.05) is 51.2 Å². The van der Waals surface area contributed by atoms with E-state index in [1.807, 2.05) is 41.9 Å². The number of aliphatic hydroxyl groups is 1. The van der Waals surface area contributed by atoms with Crippen LogP contribution < -0.4 is 26.0 Å². The second-order valence-corrected chi connectivity index (χ2v) is 28.8. The van der Waals surface area contributed by atoms with Gasteiger partial charge in [-0.3, -0.25) is 23.0 Å². The second kappa shape index (κ2) is 25.5. The number of likely N-dealkylation sites (N-methyl/N-ethyl adjacent to an activating group) is 1. The zero-order chi connectivity index (χ0) is 63.8. The highest BCUT2D eigenvalue weighted by molar-refractivity contribution is 7.86. The van der Waals surface area contributed by atoms with Gasteiger partial charge in [-0.2, -0.15) is 25.7 Å². The van der Waals surface area contributed by atoms with Crippen LogP contribution in [0.3, 0.4) is 0 Å². The summed E-state index contributed by atoms with van der Waals surface area (Å²) in [6.07, 6.45) is 8.58. The predicted octanol–water partition coefficient (Wildman–Crippen LogP) is 6.40. The van der Waals surface area contributed by atoms with Crippen molar-refractivity contribution < 1.29 is 92.1 Å². The molecule has 1 saturated heterocycles. The Bertz CT molecular complexity index is 3890. The Balaban J connectivity index is 0.976. The number of ether oxygens (including phenoxy) is 3. The van der Waals surface area contributed by atoms with Crippen LogP contribution in [0.2, 0.25) is 0 Å². The summed E-state index contributed by atoms with van der Waals surface area (Å²) >= 11 is 0. The molecule has 0 aliphatic carbocycles. The number of hydrogen-bond acceptors (Lipinski definition) is 19. The van der Waals surface area contributed by atoms with Crippen LogP contribution in [-0.4, -0.2) is 150 Å². The number of allylic oxidation sites excluding steroid dienone is 9. The van der Waals surface area contributed by atoms with Crippen LogP contribution in [0.15, 0.2) is 96.2 Å². The fraction of sp³-hybridized carbons (Fsp3) is 0.455. The molecule has 87 heavy (non-hydrogen) atoms. The highest BCUT2D eigenvalue weighted by Gasteiger charge is 2.50. The standard InChI is InChI=1S/C55H71N9O19P2S2/c1-9-64-40-28-41-37(27-36(40)33(2)29-54(64,6)7)34(25-44(80-41)53(3,4)5)15-11-10-12-16-43-55(8,38-26-35(87(76,77)78)18-19-39(38)62(43)23-14-24-86(73,74)75)20-13-17-45(65)57-21-22-58-52(67)82-48-47(66)42(30-79-85(71,72)83-84(68,69)70)81-51(48)63-32-61-46-49(56)59-31-60-50(46)63/h10-12,15-16,18-19,25-29,31-32,42,47-48,51,66H,9,13-14,17,20-24,30H2,1-8H3,(H8-,56,57,58,59,60,65,67,68,69,70,71,72,73,74,75,76,77,78)/p+1/t42-,47-,48-,51-,55?/m1/s1. The van der Waals surface area contributed by atoms with Crippen LogP contribution in [0.25, 0.3) is 22.3 Å². The number of rotatable bonds is 23. The van der Waals surface area contributed by atoms with Crippen LogP contribution in [0.4, 0.5) is 22.0 Å². The molecule has 32 heteroatoms. The van der Waals surface area contributed by atoms with E-state index in [9.17, 15) is 54.7 Å². The van der Waals surface area contributed by atoms with E-state index in [0.29, 0.717) is 17.0 Å². The lowest BCUT2D eigenvalue weighted by atomic mass is 9.75. The molecule has 4 aromatic rings. The van der Waals surface area contributed by atoms with E-state index in [2.05, 4.69) is 106 Å². The number of carbonyl (C=O) groups excluding carboxylic acids is 2. The van der Waals surface area contributed by atoms with Gasteiger partial charge in [0.25, 0.3) is 20.2 Å². The summed E-state index contributed by atoms with van der Waals surface area (Å²) in [5.41, 5.74) is 11.2. The molecule has 6 heterocycles. The number of nitrogens with one attached hydrogen (secondary N) is 2. The lowest BCUT2D eigenvalue weighted by Gasteiger charge is -2.43. The van der Waals surface area contributed by atoms with Crippen molar-refractivity contribution in [2.24, 2.45) is 5.41 Å². The summed E-state index contributed by atoms with van der Waals surface area (Å²) in [7, 11) is -20.0. The largest absolute Gasteiger partial charge is 0.481 e. The summed E-state index contributed by atoms with van der Waals surface area (Å²) in [5.74, 6) is 0.451. The number of phosphoric ester groups is 1. The number of carbonyl (C=O) groups is 2. The fourth-order valence-corrected chi connectivity index (χ4v) is 13.7. The van der Waals surface area contributed by atoms with E-state index < -0.39 is 90.2 Å². The number of nitrogen functional groups attached to an aromatic ring is 1. The van der Waals surface area contributed by atoms with E-state index in [1.165, 1.54) is 29.1 Å². The highest BCUT2D eigenvalue weighted by Crippen LogP contribution is 2.58. The number of imidazole rings is 1. The molecule has 0 spiro atoms. The summed E-state index contributed by atoms with van der Waals surface area (Å²) < 4.78 is 122. The molecule has 28 nitrogen and oxygen atoms in total. The Morgan fingerprint density at radius 3 is 2.37 bits per heavy atom. The third-order valence-electron chi connectivity index (χ3n) is 15.1. The summed E-state index contributed by atoms with van der Waals surface area (Å²) in [5, 5.41) is 16.4.